The minimum Gasteiger partial charge on any atom is -0.492 e. The Morgan fingerprint density at radius 1 is 1.41 bits per heavy atom. The first-order chi connectivity index (χ1) is 8.40. The van der Waals surface area contributed by atoms with E-state index >= 15 is 0 Å². The fourth-order valence-electron chi connectivity index (χ4n) is 2.13. The second kappa shape index (κ2) is 6.50. The number of nitrogens with one attached hydrogen (secondary N) is 1. The Balaban J connectivity index is 1.80. The quantitative estimate of drug-likeness (QED) is 0.822. The standard InChI is InChI=1S/C14H21NO2/c1-2-16-14-8-4-3-7-13(14)15-10-9-12-6-5-11-17-12/h3-4,7-8,12,15H,2,5-6,9-11H2,1H3. The minimum absolute atomic E-state index is 0.446. The van der Waals surface area contributed by atoms with Gasteiger partial charge < -0.3 is 14.8 Å². The number of rotatable bonds is 6. The lowest BCUT2D eigenvalue weighted by Gasteiger charge is -2.14. The molecule has 0 amide bonds. The van der Waals surface area contributed by atoms with Crippen molar-refractivity contribution < 1.29 is 9.47 Å². The fourth-order valence-corrected chi connectivity index (χ4v) is 2.13. The SMILES string of the molecule is CCOc1ccccc1NCCC1CCCO1. The van der Waals surface area contributed by atoms with Gasteiger partial charge in [0.05, 0.1) is 18.4 Å². The Morgan fingerprint density at radius 3 is 3.06 bits per heavy atom. The van der Waals surface area contributed by atoms with E-state index in [1.807, 2.05) is 25.1 Å². The molecule has 1 aliphatic heterocycles. The largest absolute Gasteiger partial charge is 0.492 e. The van der Waals surface area contributed by atoms with E-state index < -0.39 is 0 Å². The molecule has 1 unspecified atom stereocenters. The third-order valence-electron chi connectivity index (χ3n) is 2.99. The van der Waals surface area contributed by atoms with Crippen LogP contribution in [0.15, 0.2) is 24.3 Å². The van der Waals surface area contributed by atoms with Crippen molar-refractivity contribution in [1.82, 2.24) is 0 Å². The highest BCUT2D eigenvalue weighted by atomic mass is 16.5. The lowest BCUT2D eigenvalue weighted by atomic mass is 10.2. The van der Waals surface area contributed by atoms with Gasteiger partial charge in [-0.05, 0) is 38.3 Å². The van der Waals surface area contributed by atoms with Gasteiger partial charge in [0.2, 0.25) is 0 Å². The normalized spacial score (nSPS) is 19.2. The average molecular weight is 235 g/mol. The van der Waals surface area contributed by atoms with Crippen LogP contribution >= 0.6 is 0 Å². The number of hydrogen-bond acceptors (Lipinski definition) is 3. The molecule has 1 heterocycles. The van der Waals surface area contributed by atoms with Crippen molar-refractivity contribution in [2.75, 3.05) is 25.1 Å². The third kappa shape index (κ3) is 3.63. The zero-order chi connectivity index (χ0) is 11.9. The maximum atomic E-state index is 5.60. The maximum absolute atomic E-state index is 5.60. The van der Waals surface area contributed by atoms with Crippen LogP contribution in [0.25, 0.3) is 0 Å². The monoisotopic (exact) mass is 235 g/mol. The highest BCUT2D eigenvalue weighted by Crippen LogP contribution is 2.24. The number of para-hydroxylation sites is 2. The van der Waals surface area contributed by atoms with E-state index in [1.54, 1.807) is 0 Å². The molecule has 1 saturated heterocycles. The van der Waals surface area contributed by atoms with Crippen LogP contribution in [0, 0.1) is 0 Å². The van der Waals surface area contributed by atoms with Crippen LogP contribution in [-0.4, -0.2) is 25.9 Å². The lowest BCUT2D eigenvalue weighted by Crippen LogP contribution is -2.13. The van der Waals surface area contributed by atoms with Gasteiger partial charge in [-0.15, -0.1) is 0 Å². The summed E-state index contributed by atoms with van der Waals surface area (Å²) in [5, 5.41) is 3.42. The van der Waals surface area contributed by atoms with Crippen LogP contribution < -0.4 is 10.1 Å². The van der Waals surface area contributed by atoms with Crippen molar-refractivity contribution >= 4 is 5.69 Å². The first-order valence-electron chi connectivity index (χ1n) is 6.47. The van der Waals surface area contributed by atoms with Crippen molar-refractivity contribution in [3.05, 3.63) is 24.3 Å². The van der Waals surface area contributed by atoms with Gasteiger partial charge in [-0.2, -0.15) is 0 Å². The molecule has 0 radical (unpaired) electrons. The molecule has 0 bridgehead atoms. The van der Waals surface area contributed by atoms with Crippen molar-refractivity contribution in [1.29, 1.82) is 0 Å². The molecule has 3 heteroatoms. The highest BCUT2D eigenvalue weighted by molar-refractivity contribution is 5.56. The zero-order valence-electron chi connectivity index (χ0n) is 10.4. The summed E-state index contributed by atoms with van der Waals surface area (Å²) in [6.07, 6.45) is 3.93. The van der Waals surface area contributed by atoms with Crippen LogP contribution in [0.3, 0.4) is 0 Å². The van der Waals surface area contributed by atoms with Crippen LogP contribution in [0.2, 0.25) is 0 Å². The van der Waals surface area contributed by atoms with E-state index in [2.05, 4.69) is 11.4 Å². The maximum Gasteiger partial charge on any atom is 0.142 e. The molecule has 0 aromatic heterocycles. The molecule has 94 valence electrons. The zero-order valence-corrected chi connectivity index (χ0v) is 10.4. The van der Waals surface area contributed by atoms with Gasteiger partial charge in [-0.3, -0.25) is 0 Å². The van der Waals surface area contributed by atoms with Gasteiger partial charge in [0, 0.05) is 13.2 Å². The summed E-state index contributed by atoms with van der Waals surface area (Å²) in [5.74, 6) is 0.933. The van der Waals surface area contributed by atoms with E-state index in [9.17, 15) is 0 Å². The Bertz CT molecular complexity index is 335. The Kier molecular flexibility index (Phi) is 4.68. The molecule has 1 fully saturated rings. The third-order valence-corrected chi connectivity index (χ3v) is 2.99. The van der Waals surface area contributed by atoms with Gasteiger partial charge in [-0.25, -0.2) is 0 Å². The summed E-state index contributed by atoms with van der Waals surface area (Å²) in [4.78, 5) is 0. The summed E-state index contributed by atoms with van der Waals surface area (Å²) >= 11 is 0. The summed E-state index contributed by atoms with van der Waals surface area (Å²) in [7, 11) is 0. The van der Waals surface area contributed by atoms with Crippen molar-refractivity contribution in [3.8, 4) is 5.75 Å². The van der Waals surface area contributed by atoms with Crippen LogP contribution in [0.1, 0.15) is 26.2 Å². The average Bonchev–Trinajstić information content (AvgIpc) is 2.85. The van der Waals surface area contributed by atoms with Crippen LogP contribution in [0.5, 0.6) is 5.75 Å². The second-order valence-corrected chi connectivity index (χ2v) is 4.28. The summed E-state index contributed by atoms with van der Waals surface area (Å²) in [6.45, 7) is 4.57. The molecule has 0 saturated carbocycles. The molecule has 1 atom stereocenters. The van der Waals surface area contributed by atoms with E-state index in [0.717, 1.165) is 31.0 Å². The number of benzene rings is 1. The molecule has 0 spiro atoms. The molecule has 1 aromatic carbocycles. The Morgan fingerprint density at radius 2 is 2.29 bits per heavy atom. The molecule has 0 aliphatic carbocycles. The first kappa shape index (κ1) is 12.2. The first-order valence-corrected chi connectivity index (χ1v) is 6.47. The van der Waals surface area contributed by atoms with Gasteiger partial charge in [0.25, 0.3) is 0 Å². The Labute approximate surface area is 103 Å². The highest BCUT2D eigenvalue weighted by Gasteiger charge is 2.14. The molecule has 2 rings (SSSR count). The minimum atomic E-state index is 0.446. The van der Waals surface area contributed by atoms with Gasteiger partial charge >= 0.3 is 0 Å². The molecule has 1 aromatic rings. The second-order valence-electron chi connectivity index (χ2n) is 4.28. The molecule has 1 N–H and O–H groups in total. The number of anilines is 1. The molecule has 3 nitrogen and oxygen atoms in total. The van der Waals surface area contributed by atoms with E-state index in [1.165, 1.54) is 12.8 Å². The van der Waals surface area contributed by atoms with Gasteiger partial charge in [-0.1, -0.05) is 12.1 Å². The van der Waals surface area contributed by atoms with Crippen molar-refractivity contribution in [2.45, 2.75) is 32.3 Å². The van der Waals surface area contributed by atoms with Gasteiger partial charge in [0.1, 0.15) is 5.75 Å². The molecular formula is C14H21NO2. The van der Waals surface area contributed by atoms with Crippen LogP contribution in [-0.2, 0) is 4.74 Å². The molecular weight excluding hydrogens is 214 g/mol. The Hall–Kier alpha value is -1.22. The lowest BCUT2D eigenvalue weighted by molar-refractivity contribution is 0.107. The van der Waals surface area contributed by atoms with E-state index in [-0.39, 0.29) is 0 Å². The summed E-state index contributed by atoms with van der Waals surface area (Å²) in [5.41, 5.74) is 1.08. The number of hydrogen-bond donors (Lipinski definition) is 1. The van der Waals surface area contributed by atoms with E-state index in [4.69, 9.17) is 9.47 Å². The van der Waals surface area contributed by atoms with Crippen molar-refractivity contribution in [3.63, 3.8) is 0 Å². The van der Waals surface area contributed by atoms with Crippen LogP contribution in [0.4, 0.5) is 5.69 Å². The fraction of sp³-hybridized carbons (Fsp3) is 0.571. The summed E-state index contributed by atoms with van der Waals surface area (Å²) in [6, 6.07) is 8.07. The van der Waals surface area contributed by atoms with Crippen molar-refractivity contribution in [2.24, 2.45) is 0 Å². The predicted octanol–water partition coefficient (Wildman–Crippen LogP) is 3.07. The predicted molar refractivity (Wildman–Crippen MR) is 69.7 cm³/mol. The molecule has 1 aliphatic rings. The molecule has 17 heavy (non-hydrogen) atoms. The summed E-state index contributed by atoms with van der Waals surface area (Å²) < 4.78 is 11.2. The topological polar surface area (TPSA) is 30.5 Å². The van der Waals surface area contributed by atoms with Gasteiger partial charge in [0.15, 0.2) is 0 Å². The smallest absolute Gasteiger partial charge is 0.142 e. The van der Waals surface area contributed by atoms with E-state index in [0.29, 0.717) is 12.7 Å². The number of ether oxygens (including phenoxy) is 2.